The molecule has 1 unspecified atom stereocenters. The molecular weight excluding hydrogens is 370 g/mol. The van der Waals surface area contributed by atoms with Crippen LogP contribution in [0.25, 0.3) is 11.1 Å². The number of nitrogens with one attached hydrogen (secondary N) is 1. The SMILES string of the molecule is CC(C)CC(N)COc1ccc2c(c1Cl)OCc1cnc(NC(=O)O)cc1-2. The number of rotatable bonds is 6. The third kappa shape index (κ3) is 4.43. The average Bonchev–Trinajstić information content (AvgIpc) is 2.60. The molecule has 7 nitrogen and oxygen atoms in total. The van der Waals surface area contributed by atoms with Gasteiger partial charge >= 0.3 is 6.09 Å². The van der Waals surface area contributed by atoms with Gasteiger partial charge < -0.3 is 20.3 Å². The number of benzene rings is 1. The van der Waals surface area contributed by atoms with Crippen LogP contribution < -0.4 is 20.5 Å². The lowest BCUT2D eigenvalue weighted by molar-refractivity contribution is 0.209. The number of carbonyl (C=O) groups is 1. The predicted molar refractivity (Wildman–Crippen MR) is 104 cm³/mol. The maximum Gasteiger partial charge on any atom is 0.410 e. The Kier molecular flexibility index (Phi) is 5.72. The standard InChI is InChI=1S/C19H22ClN3O4/c1-10(2)5-12(21)9-26-15-4-3-13-14-6-16(23-19(24)25)22-7-11(14)8-27-18(13)17(15)20/h3-4,6-7,10,12H,5,8-9,21H2,1-2H3,(H,22,23)(H,24,25). The number of nitrogens with two attached hydrogens (primary N) is 1. The van der Waals surface area contributed by atoms with Gasteiger partial charge in [0, 0.05) is 23.4 Å². The van der Waals surface area contributed by atoms with Crippen LogP contribution in [0.4, 0.5) is 10.6 Å². The summed E-state index contributed by atoms with van der Waals surface area (Å²) in [5, 5.41) is 11.5. The van der Waals surface area contributed by atoms with Gasteiger partial charge in [-0.15, -0.1) is 0 Å². The summed E-state index contributed by atoms with van der Waals surface area (Å²) >= 11 is 6.49. The Morgan fingerprint density at radius 3 is 2.93 bits per heavy atom. The Morgan fingerprint density at radius 1 is 1.44 bits per heavy atom. The van der Waals surface area contributed by atoms with Gasteiger partial charge in [0.1, 0.15) is 35.6 Å². The molecule has 144 valence electrons. The van der Waals surface area contributed by atoms with Gasteiger partial charge in [-0.05, 0) is 36.1 Å². The number of halogens is 1. The number of amides is 1. The van der Waals surface area contributed by atoms with Gasteiger partial charge in [-0.2, -0.15) is 0 Å². The number of anilines is 1. The van der Waals surface area contributed by atoms with Crippen LogP contribution in [0.3, 0.4) is 0 Å². The lowest BCUT2D eigenvalue weighted by Gasteiger charge is -2.23. The van der Waals surface area contributed by atoms with Gasteiger partial charge in [0.05, 0.1) is 0 Å². The van der Waals surface area contributed by atoms with E-state index in [9.17, 15) is 4.79 Å². The highest BCUT2D eigenvalue weighted by molar-refractivity contribution is 6.34. The predicted octanol–water partition coefficient (Wildman–Crippen LogP) is 4.14. The third-order valence-corrected chi connectivity index (χ3v) is 4.53. The van der Waals surface area contributed by atoms with Crippen molar-refractivity contribution in [3.63, 3.8) is 0 Å². The number of carboxylic acid groups (broad SMARTS) is 1. The van der Waals surface area contributed by atoms with Crippen LogP contribution in [0.1, 0.15) is 25.8 Å². The zero-order valence-electron chi connectivity index (χ0n) is 15.2. The lowest BCUT2D eigenvalue weighted by atomic mass is 9.98. The van der Waals surface area contributed by atoms with Gasteiger partial charge in [-0.3, -0.25) is 5.32 Å². The Labute approximate surface area is 162 Å². The van der Waals surface area contributed by atoms with Gasteiger partial charge in [-0.25, -0.2) is 9.78 Å². The van der Waals surface area contributed by atoms with E-state index in [2.05, 4.69) is 24.1 Å². The zero-order chi connectivity index (χ0) is 19.6. The molecule has 1 aliphatic rings. The van der Waals surface area contributed by atoms with Crippen molar-refractivity contribution in [3.05, 3.63) is 35.0 Å². The molecular formula is C19H22ClN3O4. The van der Waals surface area contributed by atoms with Gasteiger partial charge in [-0.1, -0.05) is 25.4 Å². The highest BCUT2D eigenvalue weighted by atomic mass is 35.5. The van der Waals surface area contributed by atoms with E-state index in [4.69, 9.17) is 31.9 Å². The topological polar surface area (TPSA) is 107 Å². The van der Waals surface area contributed by atoms with Crippen LogP contribution in [0.2, 0.25) is 5.02 Å². The molecule has 1 aliphatic heterocycles. The largest absolute Gasteiger partial charge is 0.490 e. The molecule has 1 atom stereocenters. The molecule has 0 radical (unpaired) electrons. The average molecular weight is 392 g/mol. The second-order valence-electron chi connectivity index (χ2n) is 6.90. The molecule has 2 heterocycles. The molecule has 0 aliphatic carbocycles. The van der Waals surface area contributed by atoms with E-state index in [0.29, 0.717) is 35.7 Å². The number of hydrogen-bond acceptors (Lipinski definition) is 5. The summed E-state index contributed by atoms with van der Waals surface area (Å²) < 4.78 is 11.6. The van der Waals surface area contributed by atoms with Crippen LogP contribution in [-0.2, 0) is 6.61 Å². The normalized spacial score (nSPS) is 13.4. The minimum atomic E-state index is -1.17. The fourth-order valence-corrected chi connectivity index (χ4v) is 3.32. The van der Waals surface area contributed by atoms with E-state index < -0.39 is 6.09 Å². The molecule has 0 spiro atoms. The van der Waals surface area contributed by atoms with Crippen molar-refractivity contribution >= 4 is 23.5 Å². The van der Waals surface area contributed by atoms with Crippen LogP contribution in [-0.4, -0.2) is 28.8 Å². The fraction of sp³-hybridized carbons (Fsp3) is 0.368. The molecule has 0 fully saturated rings. The Morgan fingerprint density at radius 2 is 2.22 bits per heavy atom. The second kappa shape index (κ2) is 8.02. The van der Waals surface area contributed by atoms with E-state index in [1.54, 1.807) is 18.3 Å². The van der Waals surface area contributed by atoms with Crippen molar-refractivity contribution in [3.8, 4) is 22.6 Å². The molecule has 2 aromatic rings. The number of hydrogen-bond donors (Lipinski definition) is 3. The first-order chi connectivity index (χ1) is 12.8. The van der Waals surface area contributed by atoms with Crippen molar-refractivity contribution in [1.82, 2.24) is 4.98 Å². The van der Waals surface area contributed by atoms with Crippen LogP contribution in [0.5, 0.6) is 11.5 Å². The summed E-state index contributed by atoms with van der Waals surface area (Å²) in [7, 11) is 0. The second-order valence-corrected chi connectivity index (χ2v) is 7.28. The van der Waals surface area contributed by atoms with Crippen molar-refractivity contribution in [2.45, 2.75) is 32.9 Å². The highest BCUT2D eigenvalue weighted by Crippen LogP contribution is 2.46. The number of nitrogens with zero attached hydrogens (tertiary/aromatic N) is 1. The smallest absolute Gasteiger partial charge is 0.410 e. The molecule has 4 N–H and O–H groups in total. The minimum Gasteiger partial charge on any atom is -0.490 e. The first-order valence-corrected chi connectivity index (χ1v) is 9.06. The molecule has 27 heavy (non-hydrogen) atoms. The molecule has 3 rings (SSSR count). The summed E-state index contributed by atoms with van der Waals surface area (Å²) in [6.07, 6.45) is 1.28. The molecule has 0 saturated heterocycles. The van der Waals surface area contributed by atoms with Gasteiger partial charge in [0.25, 0.3) is 0 Å². The minimum absolute atomic E-state index is 0.0746. The molecule has 1 aromatic carbocycles. The number of aromatic nitrogens is 1. The van der Waals surface area contributed by atoms with E-state index in [1.165, 1.54) is 0 Å². The Bertz CT molecular complexity index is 857. The fourth-order valence-electron chi connectivity index (χ4n) is 3.05. The summed E-state index contributed by atoms with van der Waals surface area (Å²) in [5.41, 5.74) is 8.50. The first kappa shape index (κ1) is 19.3. The quantitative estimate of drug-likeness (QED) is 0.683. The van der Waals surface area contributed by atoms with Crippen LogP contribution in [0.15, 0.2) is 24.4 Å². The van der Waals surface area contributed by atoms with E-state index in [-0.39, 0.29) is 11.9 Å². The summed E-state index contributed by atoms with van der Waals surface area (Å²) in [5.74, 6) is 1.75. The highest BCUT2D eigenvalue weighted by Gasteiger charge is 2.23. The van der Waals surface area contributed by atoms with Gasteiger partial charge in [0.2, 0.25) is 0 Å². The molecule has 1 aromatic heterocycles. The molecule has 1 amide bonds. The zero-order valence-corrected chi connectivity index (χ0v) is 15.9. The number of ether oxygens (including phenoxy) is 2. The summed E-state index contributed by atoms with van der Waals surface area (Å²) in [4.78, 5) is 14.9. The van der Waals surface area contributed by atoms with Crippen molar-refractivity contribution < 1.29 is 19.4 Å². The molecule has 0 bridgehead atoms. The maximum absolute atomic E-state index is 10.9. The monoisotopic (exact) mass is 391 g/mol. The third-order valence-electron chi connectivity index (χ3n) is 4.17. The van der Waals surface area contributed by atoms with Crippen molar-refractivity contribution in [2.75, 3.05) is 11.9 Å². The van der Waals surface area contributed by atoms with E-state index >= 15 is 0 Å². The molecule has 0 saturated carbocycles. The number of pyridine rings is 1. The van der Waals surface area contributed by atoms with Crippen molar-refractivity contribution in [1.29, 1.82) is 0 Å². The van der Waals surface area contributed by atoms with Crippen molar-refractivity contribution in [2.24, 2.45) is 11.7 Å². The summed E-state index contributed by atoms with van der Waals surface area (Å²) in [6.45, 7) is 4.88. The molecule has 8 heteroatoms. The summed E-state index contributed by atoms with van der Waals surface area (Å²) in [6, 6.07) is 5.20. The lowest BCUT2D eigenvalue weighted by Crippen LogP contribution is -2.29. The van der Waals surface area contributed by atoms with Crippen LogP contribution in [0, 0.1) is 5.92 Å². The Balaban J connectivity index is 1.85. The maximum atomic E-state index is 10.9. The number of fused-ring (bicyclic) bond motifs is 3. The van der Waals surface area contributed by atoms with Crippen LogP contribution >= 0.6 is 11.6 Å². The Hall–Kier alpha value is -2.51. The van der Waals surface area contributed by atoms with E-state index in [0.717, 1.165) is 23.1 Å². The first-order valence-electron chi connectivity index (χ1n) is 8.68. The van der Waals surface area contributed by atoms with Gasteiger partial charge in [0.15, 0.2) is 0 Å². The van der Waals surface area contributed by atoms with E-state index in [1.807, 2.05) is 6.07 Å².